The van der Waals surface area contributed by atoms with Gasteiger partial charge in [0.25, 0.3) is 22.7 Å². The Bertz CT molecular complexity index is 1520. The van der Waals surface area contributed by atoms with Crippen LogP contribution >= 0.6 is 0 Å². The lowest BCUT2D eigenvalue weighted by Crippen LogP contribution is -2.40. The molecule has 1 N–H and O–H groups in total. The number of esters is 1. The highest BCUT2D eigenvalue weighted by Crippen LogP contribution is 2.33. The molecule has 0 aliphatic heterocycles. The molecule has 0 aliphatic carbocycles. The lowest BCUT2D eigenvalue weighted by atomic mass is 10.1. The molecule has 1 amide bonds. The van der Waals surface area contributed by atoms with Crippen molar-refractivity contribution in [3.05, 3.63) is 71.1 Å². The molecule has 0 bridgehead atoms. The summed E-state index contributed by atoms with van der Waals surface area (Å²) in [5, 5.41) is 19.2. The van der Waals surface area contributed by atoms with Gasteiger partial charge in [0.15, 0.2) is 12.2 Å². The first-order valence-corrected chi connectivity index (χ1v) is 13.3. The predicted octanol–water partition coefficient (Wildman–Crippen LogP) is 3.32. The Morgan fingerprint density at radius 2 is 1.78 bits per heavy atom. The molecule has 3 rings (SSSR count). The highest BCUT2D eigenvalue weighted by molar-refractivity contribution is 7.90. The van der Waals surface area contributed by atoms with Crippen molar-refractivity contribution in [2.24, 2.45) is 5.28 Å². The van der Waals surface area contributed by atoms with Crippen molar-refractivity contribution in [3.63, 3.8) is 0 Å². The number of hydrogen-bond donors (Lipinski definition) is 1. The molecule has 0 spiro atoms. The van der Waals surface area contributed by atoms with Crippen LogP contribution in [0.3, 0.4) is 0 Å². The van der Waals surface area contributed by atoms with Crippen LogP contribution in [-0.2, 0) is 35.4 Å². The highest BCUT2D eigenvalue weighted by atomic mass is 32.2. The van der Waals surface area contributed by atoms with Crippen molar-refractivity contribution >= 4 is 21.9 Å². The molecule has 1 heterocycles. The van der Waals surface area contributed by atoms with Gasteiger partial charge in [0.05, 0.1) is 28.3 Å². The Morgan fingerprint density at radius 1 is 1.15 bits per heavy atom. The first-order valence-electron chi connectivity index (χ1n) is 11.8. The number of alkyl halides is 3. The average molecular weight is 599 g/mol. The van der Waals surface area contributed by atoms with Gasteiger partial charge in [0, 0.05) is 12.0 Å². The molecule has 0 saturated carbocycles. The van der Waals surface area contributed by atoms with Crippen molar-refractivity contribution in [1.29, 1.82) is 0 Å². The van der Waals surface area contributed by atoms with Crippen molar-refractivity contribution in [2.75, 3.05) is 20.4 Å². The van der Waals surface area contributed by atoms with Gasteiger partial charge in [-0.05, 0) is 37.3 Å². The van der Waals surface area contributed by atoms with Crippen molar-refractivity contribution < 1.29 is 45.7 Å². The van der Waals surface area contributed by atoms with Gasteiger partial charge in [-0.15, -0.1) is 5.01 Å². The number of ether oxygens (including phenoxy) is 1. The number of nitrogens with one attached hydrogen (secondary N) is 1. The molecule has 0 fully saturated rings. The number of halogens is 3. The minimum absolute atomic E-state index is 0.0818. The molecule has 2 aromatic carbocycles. The van der Waals surface area contributed by atoms with E-state index in [0.717, 1.165) is 35.5 Å². The van der Waals surface area contributed by atoms with Crippen molar-refractivity contribution in [3.8, 4) is 16.9 Å². The fourth-order valence-electron chi connectivity index (χ4n) is 3.25. The summed E-state index contributed by atoms with van der Waals surface area (Å²) >= 11 is 0. The van der Waals surface area contributed by atoms with Crippen LogP contribution in [0.4, 0.5) is 13.2 Å². The molecule has 0 saturated heterocycles. The van der Waals surface area contributed by atoms with Gasteiger partial charge >= 0.3 is 12.1 Å². The molecule has 0 unspecified atom stereocenters. The summed E-state index contributed by atoms with van der Waals surface area (Å²) in [4.78, 5) is 27.2. The Kier molecular flexibility index (Phi) is 9.54. The second-order valence-corrected chi connectivity index (χ2v) is 10.2. The average Bonchev–Trinajstić information content (AvgIpc) is 3.37. The van der Waals surface area contributed by atoms with Gasteiger partial charge in [0.1, 0.15) is 0 Å². The summed E-state index contributed by atoms with van der Waals surface area (Å²) in [6.07, 6.45) is -4.63. The van der Waals surface area contributed by atoms with E-state index in [9.17, 15) is 36.4 Å². The number of aromatic nitrogens is 2. The van der Waals surface area contributed by atoms with Crippen LogP contribution in [0.25, 0.3) is 16.9 Å². The van der Waals surface area contributed by atoms with Gasteiger partial charge in [-0.25, -0.2) is 17.8 Å². The zero-order valence-electron chi connectivity index (χ0n) is 22.0. The topological polar surface area (TPSA) is 158 Å². The third kappa shape index (κ3) is 8.17. The maximum atomic E-state index is 13.4. The molecule has 0 atom stereocenters. The summed E-state index contributed by atoms with van der Waals surface area (Å²) in [7, 11) is -3.31. The number of hydrazine groups is 1. The van der Waals surface area contributed by atoms with Crippen LogP contribution < -0.4 is 4.72 Å². The maximum Gasteiger partial charge on any atom is 0.435 e. The van der Waals surface area contributed by atoms with Gasteiger partial charge in [0.2, 0.25) is 5.28 Å². The van der Waals surface area contributed by atoms with E-state index in [-0.39, 0.29) is 27.7 Å². The van der Waals surface area contributed by atoms with Gasteiger partial charge in [-0.2, -0.15) is 18.3 Å². The van der Waals surface area contributed by atoms with Crippen LogP contribution in [0.1, 0.15) is 24.6 Å². The van der Waals surface area contributed by atoms with Gasteiger partial charge in [-0.1, -0.05) is 36.8 Å². The fraction of sp³-hybridized carbons (Fsp3) is 0.292. The quantitative estimate of drug-likeness (QED) is 0.0873. The zero-order valence-corrected chi connectivity index (χ0v) is 22.8. The largest absolute Gasteiger partial charge is 0.569 e. The number of amides is 1. The SMILES string of the molecule is CCC(=O)OCON=[N+]([O-])N(C)CC(=O)NS(=O)(=O)c1ccc(-n2nc(C(F)(F)F)cc2-c2ccc(C)cc2)cc1. The van der Waals surface area contributed by atoms with Crippen molar-refractivity contribution in [2.45, 2.75) is 31.3 Å². The lowest BCUT2D eigenvalue weighted by Gasteiger charge is -2.13. The normalized spacial score (nSPS) is 12.1. The van der Waals surface area contributed by atoms with E-state index in [1.54, 1.807) is 35.9 Å². The molecular weight excluding hydrogens is 573 g/mol. The smallest absolute Gasteiger partial charge is 0.435 e. The molecule has 13 nitrogen and oxygen atoms in total. The molecule has 220 valence electrons. The fourth-order valence-corrected chi connectivity index (χ4v) is 4.23. The summed E-state index contributed by atoms with van der Waals surface area (Å²) in [6.45, 7) is 1.98. The van der Waals surface area contributed by atoms with E-state index in [1.165, 1.54) is 12.1 Å². The first kappa shape index (κ1) is 30.9. The van der Waals surface area contributed by atoms with Crippen LogP contribution in [0, 0.1) is 12.1 Å². The standard InChI is InChI=1S/C24H25F3N6O7S/c1-4-23(35)39-15-40-30-33(36)31(3)14-22(34)29-41(37,38)19-11-9-18(10-12-19)32-20(13-21(28-32)24(25,26)27)17-7-5-16(2)6-8-17/h5-13H,4,14-15H2,1-3H3,(H,29,34). The van der Waals surface area contributed by atoms with E-state index >= 15 is 0 Å². The van der Waals surface area contributed by atoms with E-state index in [0.29, 0.717) is 10.6 Å². The second kappa shape index (κ2) is 12.7. The molecule has 1 aromatic heterocycles. The number of rotatable bonds is 11. The monoisotopic (exact) mass is 598 g/mol. The second-order valence-electron chi connectivity index (χ2n) is 8.48. The highest BCUT2D eigenvalue weighted by Gasteiger charge is 2.35. The first-order chi connectivity index (χ1) is 19.2. The summed E-state index contributed by atoms with van der Waals surface area (Å²) < 4.78 is 73.0. The number of hydrogen-bond acceptors (Lipinski definition) is 9. The minimum atomic E-state index is -4.72. The molecule has 0 aliphatic rings. The van der Waals surface area contributed by atoms with Crippen molar-refractivity contribution in [1.82, 2.24) is 19.5 Å². The summed E-state index contributed by atoms with van der Waals surface area (Å²) in [5.74, 6) is -1.69. The molecule has 3 aromatic rings. The lowest BCUT2D eigenvalue weighted by molar-refractivity contribution is -0.704. The molecule has 41 heavy (non-hydrogen) atoms. The Hall–Kier alpha value is -4.67. The van der Waals surface area contributed by atoms with Gasteiger partial charge in [-0.3, -0.25) is 9.59 Å². The Morgan fingerprint density at radius 3 is 2.37 bits per heavy atom. The number of sulfonamides is 1. The van der Waals surface area contributed by atoms with Crippen LogP contribution in [0.2, 0.25) is 0 Å². The number of carbonyl (C=O) groups excluding carboxylic acids is 2. The predicted molar refractivity (Wildman–Crippen MR) is 135 cm³/mol. The zero-order chi connectivity index (χ0) is 30.4. The molecular formula is C24H25F3N6O7S. The number of likely N-dealkylation sites (N-methyl/N-ethyl adjacent to an activating group) is 1. The number of nitrogens with zero attached hydrogens (tertiary/aromatic N) is 5. The summed E-state index contributed by atoms with van der Waals surface area (Å²) in [5.41, 5.74) is 0.489. The Balaban J connectivity index is 1.73. The summed E-state index contributed by atoms with van der Waals surface area (Å²) in [6, 6.07) is 12.3. The molecule has 17 heteroatoms. The van der Waals surface area contributed by atoms with E-state index in [2.05, 4.69) is 20.0 Å². The Labute approximate surface area is 232 Å². The minimum Gasteiger partial charge on any atom is -0.569 e. The number of benzene rings is 2. The molecule has 0 radical (unpaired) electrons. The maximum absolute atomic E-state index is 13.4. The third-order valence-electron chi connectivity index (χ3n) is 5.34. The number of carbonyl (C=O) groups is 2. The van der Waals surface area contributed by atoms with E-state index in [1.807, 2.05) is 6.92 Å². The number of aryl methyl sites for hydroxylation is 1. The van der Waals surface area contributed by atoms with E-state index < -0.39 is 47.1 Å². The van der Waals surface area contributed by atoms with Crippen LogP contribution in [0.15, 0.2) is 64.8 Å². The van der Waals surface area contributed by atoms with Gasteiger partial charge < -0.3 is 14.8 Å². The van der Waals surface area contributed by atoms with Crippen LogP contribution in [0.5, 0.6) is 0 Å². The van der Waals surface area contributed by atoms with Crippen LogP contribution in [-0.4, -0.2) is 60.4 Å². The van der Waals surface area contributed by atoms with E-state index in [4.69, 9.17) is 0 Å². The third-order valence-corrected chi connectivity index (χ3v) is 6.73.